The fraction of sp³-hybridized carbons (Fsp3) is 0.167. The van der Waals surface area contributed by atoms with E-state index in [0.29, 0.717) is 5.56 Å². The van der Waals surface area contributed by atoms with E-state index in [9.17, 15) is 4.79 Å². The lowest BCUT2D eigenvalue weighted by Gasteiger charge is -2.17. The number of fused-ring (bicyclic) bond motifs is 1. The van der Waals surface area contributed by atoms with Gasteiger partial charge in [0.25, 0.3) is 5.91 Å². The van der Waals surface area contributed by atoms with Gasteiger partial charge in [0, 0.05) is 41.1 Å². The first-order chi connectivity index (χ1) is 11.2. The van der Waals surface area contributed by atoms with Crippen LogP contribution in [0.2, 0.25) is 0 Å². The van der Waals surface area contributed by atoms with Gasteiger partial charge in [-0.3, -0.25) is 9.78 Å². The number of hydrogen-bond donors (Lipinski definition) is 0. The van der Waals surface area contributed by atoms with Crippen LogP contribution in [0.1, 0.15) is 20.9 Å². The molecule has 0 N–H and O–H groups in total. The molecule has 0 fully saturated rings. The summed E-state index contributed by atoms with van der Waals surface area (Å²) in [6, 6.07) is 9.75. The van der Waals surface area contributed by atoms with Crippen LogP contribution in [0.5, 0.6) is 0 Å². The summed E-state index contributed by atoms with van der Waals surface area (Å²) in [4.78, 5) is 23.0. The van der Waals surface area contributed by atoms with Gasteiger partial charge in [-0.1, -0.05) is 6.07 Å². The van der Waals surface area contributed by atoms with Crippen molar-refractivity contribution in [1.29, 1.82) is 0 Å². The molecule has 0 unspecified atom stereocenters. The highest BCUT2D eigenvalue weighted by atomic mass is 32.1. The number of aryl methyl sites for hydroxylation is 1. The van der Waals surface area contributed by atoms with E-state index < -0.39 is 0 Å². The first kappa shape index (κ1) is 14.1. The van der Waals surface area contributed by atoms with Gasteiger partial charge in [0.2, 0.25) is 0 Å². The summed E-state index contributed by atoms with van der Waals surface area (Å²) in [5.41, 5.74) is 5.01. The van der Waals surface area contributed by atoms with Gasteiger partial charge in [0.1, 0.15) is 0 Å². The Bertz CT molecular complexity index is 873. The molecule has 0 aliphatic carbocycles. The van der Waals surface area contributed by atoms with Crippen LogP contribution in [-0.4, -0.2) is 22.4 Å². The van der Waals surface area contributed by atoms with E-state index in [4.69, 9.17) is 0 Å². The number of pyridine rings is 1. The number of amides is 1. The predicted molar refractivity (Wildman–Crippen MR) is 91.9 cm³/mol. The van der Waals surface area contributed by atoms with Gasteiger partial charge in [0.15, 0.2) is 0 Å². The zero-order chi connectivity index (χ0) is 15.8. The fourth-order valence-corrected chi connectivity index (χ4v) is 3.54. The highest BCUT2D eigenvalue weighted by Gasteiger charge is 2.25. The van der Waals surface area contributed by atoms with Gasteiger partial charge < -0.3 is 4.90 Å². The summed E-state index contributed by atoms with van der Waals surface area (Å²) < 4.78 is 0. The highest BCUT2D eigenvalue weighted by molar-refractivity contribution is 7.09. The molecule has 1 aliphatic rings. The molecule has 0 saturated heterocycles. The predicted octanol–water partition coefficient (Wildman–Crippen LogP) is 3.72. The Morgan fingerprint density at radius 2 is 2.04 bits per heavy atom. The number of nitrogens with zero attached hydrogens (tertiary/aromatic N) is 3. The average Bonchev–Trinajstić information content (AvgIpc) is 3.20. The first-order valence-corrected chi connectivity index (χ1v) is 8.37. The molecule has 23 heavy (non-hydrogen) atoms. The van der Waals surface area contributed by atoms with E-state index in [-0.39, 0.29) is 5.91 Å². The minimum atomic E-state index is 0.0309. The first-order valence-electron chi connectivity index (χ1n) is 7.50. The van der Waals surface area contributed by atoms with Crippen molar-refractivity contribution in [2.24, 2.45) is 0 Å². The average molecular weight is 321 g/mol. The topological polar surface area (TPSA) is 46.1 Å². The van der Waals surface area contributed by atoms with Crippen molar-refractivity contribution < 1.29 is 4.79 Å². The summed E-state index contributed by atoms with van der Waals surface area (Å²) >= 11 is 1.65. The van der Waals surface area contributed by atoms with Crippen LogP contribution in [0.4, 0.5) is 5.69 Å². The number of hydrogen-bond acceptors (Lipinski definition) is 4. The maximum absolute atomic E-state index is 12.7. The number of rotatable bonds is 2. The highest BCUT2D eigenvalue weighted by Crippen LogP contribution is 2.33. The van der Waals surface area contributed by atoms with E-state index in [1.807, 2.05) is 24.0 Å². The molecule has 3 aromatic rings. The van der Waals surface area contributed by atoms with Gasteiger partial charge >= 0.3 is 0 Å². The van der Waals surface area contributed by atoms with Crippen molar-refractivity contribution in [2.45, 2.75) is 13.3 Å². The summed E-state index contributed by atoms with van der Waals surface area (Å²) in [5.74, 6) is 0.0309. The summed E-state index contributed by atoms with van der Waals surface area (Å²) in [6.45, 7) is 2.73. The zero-order valence-corrected chi connectivity index (χ0v) is 13.5. The van der Waals surface area contributed by atoms with Crippen molar-refractivity contribution in [3.63, 3.8) is 0 Å². The smallest absolute Gasteiger partial charge is 0.258 e. The van der Waals surface area contributed by atoms with E-state index in [2.05, 4.69) is 21.4 Å². The Morgan fingerprint density at radius 3 is 2.78 bits per heavy atom. The van der Waals surface area contributed by atoms with Crippen LogP contribution in [0.3, 0.4) is 0 Å². The molecule has 1 aliphatic heterocycles. The Kier molecular flexibility index (Phi) is 3.42. The van der Waals surface area contributed by atoms with E-state index in [1.54, 1.807) is 35.9 Å². The SMILES string of the molecule is Cc1nc(-c2ccc3c(c2)CCN3C(=O)c2ccncc2)cs1. The lowest BCUT2D eigenvalue weighted by Crippen LogP contribution is -2.28. The standard InChI is InChI=1S/C18H15N3OS/c1-12-20-16(11-23-12)14-2-3-17-15(10-14)6-9-21(17)18(22)13-4-7-19-8-5-13/h2-5,7-8,10-11H,6,9H2,1H3. The second-order valence-corrected chi connectivity index (χ2v) is 6.60. The summed E-state index contributed by atoms with van der Waals surface area (Å²) in [6.07, 6.45) is 4.18. The molecule has 1 aromatic carbocycles. The monoisotopic (exact) mass is 321 g/mol. The van der Waals surface area contributed by atoms with Gasteiger partial charge in [-0.15, -0.1) is 11.3 Å². The maximum Gasteiger partial charge on any atom is 0.258 e. The Morgan fingerprint density at radius 1 is 1.22 bits per heavy atom. The number of thiazole rings is 1. The molecule has 4 nitrogen and oxygen atoms in total. The lowest BCUT2D eigenvalue weighted by atomic mass is 10.1. The molecule has 0 radical (unpaired) electrons. The normalized spacial score (nSPS) is 13.2. The molecular weight excluding hydrogens is 306 g/mol. The van der Waals surface area contributed by atoms with E-state index >= 15 is 0 Å². The molecule has 3 heterocycles. The molecule has 0 spiro atoms. The molecule has 114 valence electrons. The Balaban J connectivity index is 1.66. The van der Waals surface area contributed by atoms with Crippen LogP contribution >= 0.6 is 11.3 Å². The van der Waals surface area contributed by atoms with Gasteiger partial charge in [-0.05, 0) is 43.2 Å². The number of aromatic nitrogens is 2. The number of benzene rings is 1. The molecule has 0 atom stereocenters. The van der Waals surface area contributed by atoms with E-state index in [1.165, 1.54) is 5.56 Å². The summed E-state index contributed by atoms with van der Waals surface area (Å²) in [5, 5.41) is 3.14. The molecule has 2 aromatic heterocycles. The third-order valence-electron chi connectivity index (χ3n) is 4.06. The number of anilines is 1. The van der Waals surface area contributed by atoms with E-state index in [0.717, 1.165) is 34.9 Å². The lowest BCUT2D eigenvalue weighted by molar-refractivity contribution is 0.0989. The zero-order valence-electron chi connectivity index (χ0n) is 12.7. The van der Waals surface area contributed by atoms with Crippen LogP contribution in [0.15, 0.2) is 48.1 Å². The second kappa shape index (κ2) is 5.59. The fourth-order valence-electron chi connectivity index (χ4n) is 2.92. The molecule has 4 rings (SSSR count). The van der Waals surface area contributed by atoms with Crippen molar-refractivity contribution in [3.05, 3.63) is 64.2 Å². The molecule has 1 amide bonds. The van der Waals surface area contributed by atoms with Crippen molar-refractivity contribution in [1.82, 2.24) is 9.97 Å². The quantitative estimate of drug-likeness (QED) is 0.723. The van der Waals surface area contributed by atoms with Crippen molar-refractivity contribution in [3.8, 4) is 11.3 Å². The van der Waals surface area contributed by atoms with Crippen LogP contribution < -0.4 is 4.90 Å². The van der Waals surface area contributed by atoms with Crippen molar-refractivity contribution >= 4 is 22.9 Å². The summed E-state index contributed by atoms with van der Waals surface area (Å²) in [7, 11) is 0. The third-order valence-corrected chi connectivity index (χ3v) is 4.84. The van der Waals surface area contributed by atoms with Gasteiger partial charge in [0.05, 0.1) is 10.7 Å². The van der Waals surface area contributed by atoms with Gasteiger partial charge in [-0.2, -0.15) is 0 Å². The Labute approximate surface area is 138 Å². The minimum Gasteiger partial charge on any atom is -0.308 e. The second-order valence-electron chi connectivity index (χ2n) is 5.54. The molecule has 0 bridgehead atoms. The van der Waals surface area contributed by atoms with Crippen LogP contribution in [0, 0.1) is 6.92 Å². The van der Waals surface area contributed by atoms with Gasteiger partial charge in [-0.25, -0.2) is 4.98 Å². The van der Waals surface area contributed by atoms with Crippen LogP contribution in [-0.2, 0) is 6.42 Å². The maximum atomic E-state index is 12.7. The Hall–Kier alpha value is -2.53. The molecule has 0 saturated carbocycles. The number of carbonyl (C=O) groups is 1. The largest absolute Gasteiger partial charge is 0.308 e. The molecule has 5 heteroatoms. The third kappa shape index (κ3) is 2.53. The number of carbonyl (C=O) groups excluding carboxylic acids is 1. The minimum absolute atomic E-state index is 0.0309. The van der Waals surface area contributed by atoms with Crippen molar-refractivity contribution in [2.75, 3.05) is 11.4 Å². The molecular formula is C18H15N3OS. The van der Waals surface area contributed by atoms with Crippen LogP contribution in [0.25, 0.3) is 11.3 Å².